The number of benzene rings is 2. The van der Waals surface area contributed by atoms with Gasteiger partial charge in [-0.15, -0.1) is 0 Å². The van der Waals surface area contributed by atoms with Crippen molar-refractivity contribution in [2.45, 2.75) is 26.7 Å². The van der Waals surface area contributed by atoms with Gasteiger partial charge >= 0.3 is 0 Å². The predicted octanol–water partition coefficient (Wildman–Crippen LogP) is 6.79. The van der Waals surface area contributed by atoms with Crippen LogP contribution in [0.2, 0.25) is 15.1 Å². The highest BCUT2D eigenvalue weighted by Gasteiger charge is 2.22. The number of carbonyl (C=O) groups is 1. The van der Waals surface area contributed by atoms with E-state index in [4.69, 9.17) is 34.8 Å². The maximum atomic E-state index is 12.5. The monoisotopic (exact) mass is 406 g/mol. The molecule has 0 fully saturated rings. The van der Waals surface area contributed by atoms with Gasteiger partial charge in [0.15, 0.2) is 5.78 Å². The molecule has 6 heteroatoms. The Bertz CT molecular complexity index is 962. The molecule has 0 radical (unpaired) electrons. The summed E-state index contributed by atoms with van der Waals surface area (Å²) in [6.45, 7) is 3.88. The lowest BCUT2D eigenvalue weighted by Gasteiger charge is -2.11. The van der Waals surface area contributed by atoms with Gasteiger partial charge in [-0.05, 0) is 43.7 Å². The number of hydrogen-bond acceptors (Lipinski definition) is 2. The number of rotatable bonds is 5. The van der Waals surface area contributed by atoms with Crippen LogP contribution in [0.5, 0.6) is 0 Å². The van der Waals surface area contributed by atoms with Gasteiger partial charge in [0.2, 0.25) is 0 Å². The van der Waals surface area contributed by atoms with E-state index in [9.17, 15) is 4.79 Å². The zero-order valence-corrected chi connectivity index (χ0v) is 16.7. The Morgan fingerprint density at radius 3 is 2.31 bits per heavy atom. The van der Waals surface area contributed by atoms with Gasteiger partial charge < -0.3 is 0 Å². The van der Waals surface area contributed by atoms with Crippen LogP contribution in [0.25, 0.3) is 16.9 Å². The molecule has 1 heterocycles. The third-order valence-corrected chi connectivity index (χ3v) is 4.91. The quantitative estimate of drug-likeness (QED) is 0.436. The van der Waals surface area contributed by atoms with Crippen molar-refractivity contribution in [2.75, 3.05) is 0 Å². The van der Waals surface area contributed by atoms with Crippen molar-refractivity contribution in [3.05, 3.63) is 68.8 Å². The molecule has 0 aliphatic rings. The Hall–Kier alpha value is -1.81. The summed E-state index contributed by atoms with van der Waals surface area (Å²) in [4.78, 5) is 12.5. The van der Waals surface area contributed by atoms with Crippen molar-refractivity contribution in [1.82, 2.24) is 9.78 Å². The molecule has 0 aliphatic heterocycles. The molecule has 0 unspecified atom stereocenters. The zero-order chi connectivity index (χ0) is 18.8. The fourth-order valence-corrected chi connectivity index (χ4v) is 3.49. The lowest BCUT2D eigenvalue weighted by molar-refractivity contribution is 0.0976. The van der Waals surface area contributed by atoms with Crippen LogP contribution in [0, 0.1) is 6.92 Å². The van der Waals surface area contributed by atoms with Gasteiger partial charge in [0.25, 0.3) is 0 Å². The highest BCUT2D eigenvalue weighted by Crippen LogP contribution is 2.33. The molecule has 0 saturated carbocycles. The molecule has 1 aromatic heterocycles. The molecule has 0 saturated heterocycles. The van der Waals surface area contributed by atoms with Crippen LogP contribution in [0.15, 0.2) is 42.5 Å². The molecule has 134 valence electrons. The SMILES string of the molecule is CCCC(=O)c1nn(-c2ccc(Cl)cc2Cl)c(-c2ccc(Cl)cc2)c1C. The molecule has 0 spiro atoms. The van der Waals surface area contributed by atoms with E-state index in [-0.39, 0.29) is 5.78 Å². The second-order valence-corrected chi connectivity index (χ2v) is 7.29. The molecule has 0 bridgehead atoms. The van der Waals surface area contributed by atoms with E-state index in [1.54, 1.807) is 22.9 Å². The summed E-state index contributed by atoms with van der Waals surface area (Å²) >= 11 is 18.4. The molecule has 0 atom stereocenters. The standard InChI is InChI=1S/C20H17Cl3N2O/c1-3-4-18(26)19-12(2)20(13-5-7-14(21)8-6-13)25(24-19)17-10-9-15(22)11-16(17)23/h5-11H,3-4H2,1-2H3. The van der Waals surface area contributed by atoms with Crippen molar-refractivity contribution in [1.29, 1.82) is 0 Å². The molecule has 3 aromatic rings. The van der Waals surface area contributed by atoms with Gasteiger partial charge in [-0.2, -0.15) is 5.10 Å². The third-order valence-electron chi connectivity index (χ3n) is 4.12. The number of hydrogen-bond donors (Lipinski definition) is 0. The van der Waals surface area contributed by atoms with Crippen molar-refractivity contribution < 1.29 is 4.79 Å². The minimum absolute atomic E-state index is 0.0176. The molecular formula is C20H17Cl3N2O. The number of nitrogens with zero attached hydrogens (tertiary/aromatic N) is 2. The Morgan fingerprint density at radius 2 is 1.69 bits per heavy atom. The lowest BCUT2D eigenvalue weighted by atomic mass is 10.0. The normalized spacial score (nSPS) is 11.0. The van der Waals surface area contributed by atoms with Crippen LogP contribution in [-0.2, 0) is 0 Å². The fraction of sp³-hybridized carbons (Fsp3) is 0.200. The van der Waals surface area contributed by atoms with E-state index in [1.165, 1.54) is 0 Å². The third kappa shape index (κ3) is 3.66. The average molecular weight is 408 g/mol. The summed E-state index contributed by atoms with van der Waals surface area (Å²) in [6.07, 6.45) is 1.22. The molecule has 2 aromatic carbocycles. The zero-order valence-electron chi connectivity index (χ0n) is 14.4. The number of Topliss-reactive ketones (excluding diaryl/α,β-unsaturated/α-hetero) is 1. The summed E-state index contributed by atoms with van der Waals surface area (Å²) in [5.74, 6) is 0.0176. The Kier molecular flexibility index (Phi) is 5.71. The minimum atomic E-state index is 0.0176. The Morgan fingerprint density at radius 1 is 1.04 bits per heavy atom. The van der Waals surface area contributed by atoms with E-state index in [1.807, 2.05) is 38.1 Å². The van der Waals surface area contributed by atoms with Gasteiger partial charge in [-0.25, -0.2) is 4.68 Å². The number of aromatic nitrogens is 2. The second-order valence-electron chi connectivity index (χ2n) is 6.01. The number of carbonyl (C=O) groups excluding carboxylic acids is 1. The number of ketones is 1. The average Bonchev–Trinajstić information content (AvgIpc) is 2.93. The first-order valence-corrected chi connectivity index (χ1v) is 9.40. The molecule has 3 rings (SSSR count). The van der Waals surface area contributed by atoms with Crippen LogP contribution in [0.3, 0.4) is 0 Å². The summed E-state index contributed by atoms with van der Waals surface area (Å²) in [7, 11) is 0. The maximum Gasteiger partial charge on any atom is 0.183 e. The van der Waals surface area contributed by atoms with Crippen molar-refractivity contribution >= 4 is 40.6 Å². The highest BCUT2D eigenvalue weighted by molar-refractivity contribution is 6.35. The van der Waals surface area contributed by atoms with Gasteiger partial charge in [-0.3, -0.25) is 4.79 Å². The fourth-order valence-electron chi connectivity index (χ4n) is 2.88. The predicted molar refractivity (Wildman–Crippen MR) is 108 cm³/mol. The molecule has 26 heavy (non-hydrogen) atoms. The van der Waals surface area contributed by atoms with E-state index >= 15 is 0 Å². The van der Waals surface area contributed by atoms with E-state index in [2.05, 4.69) is 5.10 Å². The Balaban J connectivity index is 2.26. The van der Waals surface area contributed by atoms with Crippen LogP contribution in [0.4, 0.5) is 0 Å². The second kappa shape index (κ2) is 7.83. The highest BCUT2D eigenvalue weighted by atomic mass is 35.5. The summed E-state index contributed by atoms with van der Waals surface area (Å²) in [5, 5.41) is 6.24. The molecule has 0 amide bonds. The van der Waals surface area contributed by atoms with Crippen LogP contribution in [-0.4, -0.2) is 15.6 Å². The van der Waals surface area contributed by atoms with Crippen molar-refractivity contribution in [3.8, 4) is 16.9 Å². The number of halogens is 3. The van der Waals surface area contributed by atoms with Gasteiger partial charge in [0.1, 0.15) is 5.69 Å². The van der Waals surface area contributed by atoms with E-state index in [0.29, 0.717) is 32.9 Å². The first-order chi connectivity index (χ1) is 12.4. The van der Waals surface area contributed by atoms with Crippen molar-refractivity contribution in [3.63, 3.8) is 0 Å². The molecule has 0 N–H and O–H groups in total. The lowest BCUT2D eigenvalue weighted by Crippen LogP contribution is -2.03. The van der Waals surface area contributed by atoms with Gasteiger partial charge in [0, 0.05) is 27.6 Å². The summed E-state index contributed by atoms with van der Waals surface area (Å²) in [6, 6.07) is 12.6. The van der Waals surface area contributed by atoms with Gasteiger partial charge in [0.05, 0.1) is 16.4 Å². The van der Waals surface area contributed by atoms with Gasteiger partial charge in [-0.1, -0.05) is 53.9 Å². The maximum absolute atomic E-state index is 12.5. The van der Waals surface area contributed by atoms with E-state index in [0.717, 1.165) is 23.2 Å². The smallest absolute Gasteiger partial charge is 0.183 e. The van der Waals surface area contributed by atoms with Crippen LogP contribution in [0.1, 0.15) is 35.8 Å². The topological polar surface area (TPSA) is 34.9 Å². The summed E-state index contributed by atoms with van der Waals surface area (Å²) < 4.78 is 1.71. The molecular weight excluding hydrogens is 391 g/mol. The van der Waals surface area contributed by atoms with Crippen LogP contribution < -0.4 is 0 Å². The first kappa shape index (κ1) is 19.0. The van der Waals surface area contributed by atoms with Crippen molar-refractivity contribution in [2.24, 2.45) is 0 Å². The minimum Gasteiger partial charge on any atom is -0.292 e. The summed E-state index contributed by atoms with van der Waals surface area (Å²) in [5.41, 5.74) is 3.66. The Labute approximate surface area is 167 Å². The van der Waals surface area contributed by atoms with Crippen LogP contribution >= 0.6 is 34.8 Å². The molecule has 3 nitrogen and oxygen atoms in total. The first-order valence-electron chi connectivity index (χ1n) is 8.26. The van der Waals surface area contributed by atoms with E-state index < -0.39 is 0 Å². The molecule has 0 aliphatic carbocycles. The largest absolute Gasteiger partial charge is 0.292 e.